The Bertz CT molecular complexity index is 1500. The summed E-state index contributed by atoms with van der Waals surface area (Å²) in [5.41, 5.74) is 1.25. The number of nitrogens with zero attached hydrogens (tertiary/aromatic N) is 3. The van der Waals surface area contributed by atoms with E-state index in [4.69, 9.17) is 4.74 Å². The minimum Gasteiger partial charge on any atom is -0.455 e. The van der Waals surface area contributed by atoms with E-state index in [1.807, 2.05) is 83.8 Å². The maximum absolute atomic E-state index is 14.6. The molecule has 1 saturated heterocycles. The van der Waals surface area contributed by atoms with Gasteiger partial charge in [0.2, 0.25) is 11.8 Å². The van der Waals surface area contributed by atoms with Crippen LogP contribution in [0.5, 0.6) is 0 Å². The molecule has 2 heterocycles. The van der Waals surface area contributed by atoms with Crippen LogP contribution < -0.4 is 10.6 Å². The summed E-state index contributed by atoms with van der Waals surface area (Å²) < 4.78 is 5.87. The fourth-order valence-electron chi connectivity index (χ4n) is 7.06. The number of nitrogens with one attached hydrogen (secondary N) is 2. The molecule has 1 aliphatic heterocycles. The zero-order chi connectivity index (χ0) is 39.2. The number of ether oxygens (including phenoxy) is 1. The van der Waals surface area contributed by atoms with Gasteiger partial charge in [-0.05, 0) is 70.0 Å². The molecule has 1 aromatic heterocycles. The molecule has 0 unspecified atom stereocenters. The lowest BCUT2D eigenvalue weighted by molar-refractivity contribution is -0.149. The number of likely N-dealkylation sites (tertiary alicyclic amines) is 1. The van der Waals surface area contributed by atoms with Crippen molar-refractivity contribution in [3.8, 4) is 0 Å². The van der Waals surface area contributed by atoms with Gasteiger partial charge in [-0.15, -0.1) is 11.3 Å². The van der Waals surface area contributed by atoms with Crippen LogP contribution in [0.25, 0.3) is 0 Å². The van der Waals surface area contributed by atoms with Crippen LogP contribution in [-0.2, 0) is 30.3 Å². The van der Waals surface area contributed by atoms with Gasteiger partial charge >= 0.3 is 5.97 Å². The summed E-state index contributed by atoms with van der Waals surface area (Å²) in [6.07, 6.45) is 4.72. The lowest BCUT2D eigenvalue weighted by Gasteiger charge is -2.40. The molecular formula is C41H63N5O6S. The van der Waals surface area contributed by atoms with E-state index in [9.17, 15) is 24.0 Å². The van der Waals surface area contributed by atoms with Crippen molar-refractivity contribution in [2.45, 2.75) is 137 Å². The SMILES string of the molecule is CCCN(C(=O)[C@@H](NC(=O)[C@H]1CCCCN1C)[C@@H](C)CC)[C@H](C[C@@H](OC(C)=O)c1nc(C(=O)N[C@@H](Cc2ccccc2)C[C@H](C)C(C)=O)cs1)C(C)C. The lowest BCUT2D eigenvalue weighted by Crippen LogP contribution is -2.58. The van der Waals surface area contributed by atoms with Crippen LogP contribution in [0.15, 0.2) is 35.7 Å². The maximum atomic E-state index is 14.6. The number of hydrogen-bond acceptors (Lipinski definition) is 9. The highest BCUT2D eigenvalue weighted by Crippen LogP contribution is 2.32. The van der Waals surface area contributed by atoms with E-state index < -0.39 is 18.1 Å². The molecule has 0 radical (unpaired) electrons. The minimum absolute atomic E-state index is 0.0222. The Morgan fingerprint density at radius 1 is 1.00 bits per heavy atom. The van der Waals surface area contributed by atoms with Gasteiger partial charge in [0.15, 0.2) is 6.10 Å². The number of carbonyl (C=O) groups excluding carboxylic acids is 5. The van der Waals surface area contributed by atoms with E-state index in [-0.39, 0.29) is 71.5 Å². The van der Waals surface area contributed by atoms with Gasteiger partial charge in [-0.25, -0.2) is 4.98 Å². The molecule has 1 fully saturated rings. The fourth-order valence-corrected chi connectivity index (χ4v) is 7.90. The third-order valence-electron chi connectivity index (χ3n) is 10.6. The van der Waals surface area contributed by atoms with Gasteiger partial charge in [-0.1, -0.05) is 84.7 Å². The predicted octanol–water partition coefficient (Wildman–Crippen LogP) is 6.37. The van der Waals surface area contributed by atoms with Gasteiger partial charge in [0.1, 0.15) is 22.5 Å². The molecule has 1 aliphatic rings. The first-order valence-electron chi connectivity index (χ1n) is 19.5. The zero-order valence-corrected chi connectivity index (χ0v) is 34.2. The van der Waals surface area contributed by atoms with Crippen molar-refractivity contribution in [2.24, 2.45) is 17.8 Å². The number of thiazole rings is 1. The number of ketones is 1. The Kier molecular flexibility index (Phi) is 17.6. The molecule has 53 heavy (non-hydrogen) atoms. The Labute approximate surface area is 321 Å². The monoisotopic (exact) mass is 753 g/mol. The van der Waals surface area contributed by atoms with Crippen LogP contribution in [0.1, 0.15) is 127 Å². The molecule has 11 nitrogen and oxygen atoms in total. The number of likely N-dealkylation sites (N-methyl/N-ethyl adjacent to an activating group) is 1. The highest BCUT2D eigenvalue weighted by Gasteiger charge is 2.38. The molecule has 12 heteroatoms. The van der Waals surface area contributed by atoms with Gasteiger partial charge in [-0.3, -0.25) is 28.9 Å². The summed E-state index contributed by atoms with van der Waals surface area (Å²) in [5, 5.41) is 8.37. The summed E-state index contributed by atoms with van der Waals surface area (Å²) in [5.74, 6) is -1.41. The third-order valence-corrected chi connectivity index (χ3v) is 11.5. The van der Waals surface area contributed by atoms with E-state index in [1.54, 1.807) is 12.3 Å². The van der Waals surface area contributed by atoms with Crippen molar-refractivity contribution in [1.82, 2.24) is 25.4 Å². The first kappa shape index (κ1) is 43.8. The Morgan fingerprint density at radius 2 is 1.70 bits per heavy atom. The van der Waals surface area contributed by atoms with Gasteiger partial charge in [0, 0.05) is 43.3 Å². The van der Waals surface area contributed by atoms with Crippen LogP contribution in [0.2, 0.25) is 0 Å². The topological polar surface area (TPSA) is 138 Å². The summed E-state index contributed by atoms with van der Waals surface area (Å²) in [6.45, 7) is 16.2. The second-order valence-corrected chi connectivity index (χ2v) is 16.1. The first-order chi connectivity index (χ1) is 25.2. The molecule has 2 aromatic rings. The standard InChI is InChI=1S/C41H63N5O6S/c1-10-20-46(41(51)37(27(5)11-2)44-39(50)34-19-15-16-21-45(34)9)35(26(3)4)24-36(52-30(8)48)40-43-33(25-53-40)38(49)42-32(22-28(6)29(7)47)23-31-17-13-12-14-18-31/h12-14,17-18,25-28,32,34-37H,10-11,15-16,19-24H2,1-9H3,(H,42,49)(H,44,50)/t27-,28-,32+,34+,35+,36+,37-/m0/s1. The molecule has 3 amide bonds. The van der Waals surface area contributed by atoms with Gasteiger partial charge in [0.25, 0.3) is 5.91 Å². The molecular weight excluding hydrogens is 691 g/mol. The van der Waals surface area contributed by atoms with Crippen LogP contribution in [-0.4, -0.2) is 88.6 Å². The van der Waals surface area contributed by atoms with E-state index in [2.05, 4.69) is 20.5 Å². The highest BCUT2D eigenvalue weighted by atomic mass is 32.1. The molecule has 294 valence electrons. The minimum atomic E-state index is -0.802. The number of carbonyl (C=O) groups is 5. The number of Topliss-reactive ketones (excluding diaryl/α,β-unsaturated/α-hetero) is 1. The Hall–Kier alpha value is -3.64. The Balaban J connectivity index is 1.87. The number of amides is 3. The summed E-state index contributed by atoms with van der Waals surface area (Å²) in [6, 6.07) is 8.20. The lowest BCUT2D eigenvalue weighted by atomic mass is 9.92. The summed E-state index contributed by atoms with van der Waals surface area (Å²) in [7, 11) is 1.96. The average Bonchev–Trinajstić information content (AvgIpc) is 3.62. The van der Waals surface area contributed by atoms with Crippen LogP contribution in [0, 0.1) is 17.8 Å². The quantitative estimate of drug-likeness (QED) is 0.149. The van der Waals surface area contributed by atoms with Crippen LogP contribution >= 0.6 is 11.3 Å². The average molecular weight is 754 g/mol. The number of hydrogen-bond donors (Lipinski definition) is 2. The number of rotatable bonds is 20. The van der Waals surface area contributed by atoms with Crippen molar-refractivity contribution in [3.05, 3.63) is 52.0 Å². The normalized spacial score (nSPS) is 18.3. The van der Waals surface area contributed by atoms with Crippen molar-refractivity contribution in [2.75, 3.05) is 20.1 Å². The van der Waals surface area contributed by atoms with Crippen LogP contribution in [0.3, 0.4) is 0 Å². The summed E-state index contributed by atoms with van der Waals surface area (Å²) >= 11 is 1.24. The number of aromatic nitrogens is 1. The molecule has 0 bridgehead atoms. The molecule has 0 aliphatic carbocycles. The first-order valence-corrected chi connectivity index (χ1v) is 20.3. The smallest absolute Gasteiger partial charge is 0.303 e. The molecule has 2 N–H and O–H groups in total. The van der Waals surface area contributed by atoms with E-state index in [0.29, 0.717) is 37.2 Å². The molecule has 0 spiro atoms. The maximum Gasteiger partial charge on any atom is 0.303 e. The zero-order valence-electron chi connectivity index (χ0n) is 33.4. The predicted molar refractivity (Wildman–Crippen MR) is 209 cm³/mol. The van der Waals surface area contributed by atoms with Gasteiger partial charge < -0.3 is 20.3 Å². The summed E-state index contributed by atoms with van der Waals surface area (Å²) in [4.78, 5) is 74.9. The van der Waals surface area contributed by atoms with Crippen molar-refractivity contribution in [3.63, 3.8) is 0 Å². The fraction of sp³-hybridized carbons (Fsp3) is 0.659. The van der Waals surface area contributed by atoms with E-state index >= 15 is 0 Å². The molecule has 0 saturated carbocycles. The third kappa shape index (κ3) is 13.0. The Morgan fingerprint density at radius 3 is 2.28 bits per heavy atom. The van der Waals surface area contributed by atoms with Crippen molar-refractivity contribution < 1.29 is 28.7 Å². The molecule has 1 aromatic carbocycles. The number of benzene rings is 1. The van der Waals surface area contributed by atoms with Crippen molar-refractivity contribution >= 4 is 40.8 Å². The second kappa shape index (κ2) is 21.3. The van der Waals surface area contributed by atoms with Crippen molar-refractivity contribution in [1.29, 1.82) is 0 Å². The van der Waals surface area contributed by atoms with E-state index in [1.165, 1.54) is 18.3 Å². The van der Waals surface area contributed by atoms with Crippen LogP contribution in [0.4, 0.5) is 0 Å². The van der Waals surface area contributed by atoms with E-state index in [0.717, 1.165) is 31.4 Å². The van der Waals surface area contributed by atoms with Gasteiger partial charge in [0.05, 0.1) is 6.04 Å². The number of esters is 1. The second-order valence-electron chi connectivity index (χ2n) is 15.2. The molecule has 7 atom stereocenters. The number of piperidine rings is 1. The molecule has 3 rings (SSSR count). The highest BCUT2D eigenvalue weighted by molar-refractivity contribution is 7.09. The largest absolute Gasteiger partial charge is 0.455 e. The van der Waals surface area contributed by atoms with Gasteiger partial charge in [-0.2, -0.15) is 0 Å².